The van der Waals surface area contributed by atoms with Crippen LogP contribution in [0.2, 0.25) is 0 Å². The van der Waals surface area contributed by atoms with Gasteiger partial charge < -0.3 is 15.2 Å². The molecule has 1 atom stereocenters. The van der Waals surface area contributed by atoms with Crippen molar-refractivity contribution in [2.75, 3.05) is 31.1 Å². The molecule has 0 bridgehead atoms. The Balaban J connectivity index is 1.37. The summed E-state index contributed by atoms with van der Waals surface area (Å²) in [5.74, 6) is 0.159. The average molecular weight is 395 g/mol. The molecule has 2 heterocycles. The van der Waals surface area contributed by atoms with Crippen LogP contribution in [0.4, 0.5) is 5.69 Å². The fourth-order valence-electron chi connectivity index (χ4n) is 3.80. The van der Waals surface area contributed by atoms with E-state index in [2.05, 4.69) is 10.2 Å². The summed E-state index contributed by atoms with van der Waals surface area (Å²) in [6.45, 7) is 2.60. The number of nitrogens with one attached hydrogen (secondary N) is 1. The van der Waals surface area contributed by atoms with Crippen LogP contribution in [0.3, 0.4) is 0 Å². The van der Waals surface area contributed by atoms with E-state index in [1.54, 1.807) is 12.1 Å². The molecule has 1 unspecified atom stereocenters. The minimum absolute atomic E-state index is 0.0420. The summed E-state index contributed by atoms with van der Waals surface area (Å²) in [7, 11) is 0. The molecule has 1 saturated heterocycles. The highest BCUT2D eigenvalue weighted by atomic mass is 16.5. The van der Waals surface area contributed by atoms with Gasteiger partial charge in [0.25, 0.3) is 5.91 Å². The summed E-state index contributed by atoms with van der Waals surface area (Å²) >= 11 is 0. The summed E-state index contributed by atoms with van der Waals surface area (Å²) in [6.07, 6.45) is 0.546. The zero-order valence-electron chi connectivity index (χ0n) is 16.2. The number of aliphatic hydroxyl groups is 1. The van der Waals surface area contributed by atoms with Crippen molar-refractivity contribution in [3.8, 4) is 5.75 Å². The average Bonchev–Trinajstić information content (AvgIpc) is 3.14. The first-order valence-corrected chi connectivity index (χ1v) is 9.86. The van der Waals surface area contributed by atoms with Gasteiger partial charge in [-0.3, -0.25) is 19.4 Å². The number of carbonyl (C=O) groups is 2. The molecule has 1 fully saturated rings. The van der Waals surface area contributed by atoms with Gasteiger partial charge in [0.05, 0.1) is 11.8 Å². The van der Waals surface area contributed by atoms with Crippen LogP contribution in [-0.4, -0.2) is 54.2 Å². The lowest BCUT2D eigenvalue weighted by Gasteiger charge is -2.28. The fraction of sp³-hybridized carbons (Fsp3) is 0.364. The van der Waals surface area contributed by atoms with Crippen molar-refractivity contribution in [3.63, 3.8) is 0 Å². The number of ether oxygens (including phenoxy) is 1. The third kappa shape index (κ3) is 4.58. The Morgan fingerprint density at radius 2 is 1.90 bits per heavy atom. The van der Waals surface area contributed by atoms with Gasteiger partial charge in [-0.05, 0) is 29.7 Å². The Labute approximate surface area is 169 Å². The maximum atomic E-state index is 12.5. The molecule has 29 heavy (non-hydrogen) atoms. The van der Waals surface area contributed by atoms with Crippen LogP contribution in [-0.2, 0) is 22.7 Å². The van der Waals surface area contributed by atoms with Gasteiger partial charge in [-0.25, -0.2) is 0 Å². The summed E-state index contributed by atoms with van der Waals surface area (Å²) < 4.78 is 5.42. The zero-order valence-corrected chi connectivity index (χ0v) is 16.2. The van der Waals surface area contributed by atoms with Crippen molar-refractivity contribution < 1.29 is 19.4 Å². The molecule has 2 N–H and O–H groups in total. The summed E-state index contributed by atoms with van der Waals surface area (Å²) in [5.41, 5.74) is 2.79. The Bertz CT molecular complexity index is 901. The Hall–Kier alpha value is -2.90. The highest BCUT2D eigenvalue weighted by molar-refractivity contribution is 6.02. The number of likely N-dealkylation sites (tertiary alicyclic amines) is 1. The second kappa shape index (κ2) is 8.63. The molecule has 2 aromatic rings. The topological polar surface area (TPSA) is 82.1 Å². The van der Waals surface area contributed by atoms with Gasteiger partial charge in [-0.2, -0.15) is 0 Å². The molecule has 152 valence electrons. The molecule has 7 nitrogen and oxygen atoms in total. The number of carbonyl (C=O) groups excluding carboxylic acids is 2. The molecule has 0 aliphatic carbocycles. The number of nitrogens with zero attached hydrogens (tertiary/aromatic N) is 2. The first-order chi connectivity index (χ1) is 14.1. The summed E-state index contributed by atoms with van der Waals surface area (Å²) in [5, 5.41) is 12.7. The monoisotopic (exact) mass is 395 g/mol. The van der Waals surface area contributed by atoms with E-state index in [0.717, 1.165) is 30.6 Å². The molecule has 2 aromatic carbocycles. The normalized spacial score (nSPS) is 19.0. The number of β-amino-alcohol motifs (C(OH)–C–C–N with tert-alkyl or cyclic N) is 1. The number of hydrogen-bond donors (Lipinski definition) is 2. The van der Waals surface area contributed by atoms with Gasteiger partial charge in [0.1, 0.15) is 12.3 Å². The minimum Gasteiger partial charge on any atom is -0.482 e. The molecule has 2 amide bonds. The van der Waals surface area contributed by atoms with E-state index >= 15 is 0 Å². The van der Waals surface area contributed by atoms with Crippen LogP contribution in [0.5, 0.6) is 5.75 Å². The van der Waals surface area contributed by atoms with Crippen molar-refractivity contribution >= 4 is 17.5 Å². The van der Waals surface area contributed by atoms with Crippen molar-refractivity contribution in [2.45, 2.75) is 25.6 Å². The van der Waals surface area contributed by atoms with Gasteiger partial charge in [0, 0.05) is 26.2 Å². The van der Waals surface area contributed by atoms with E-state index in [1.807, 2.05) is 36.4 Å². The number of para-hydroxylation sites is 2. The molecule has 0 radical (unpaired) electrons. The standard InChI is InChI=1S/C22H25N3O4/c26-18-9-10-24(13-18)12-17-6-2-1-5-16(17)11-23-21(27)14-25-19-7-3-4-8-20(19)29-15-22(25)28/h1-8,18,26H,9-15H2,(H,23,27). The summed E-state index contributed by atoms with van der Waals surface area (Å²) in [4.78, 5) is 28.5. The predicted octanol–water partition coefficient (Wildman–Crippen LogP) is 1.29. The number of anilines is 1. The predicted molar refractivity (Wildman–Crippen MR) is 108 cm³/mol. The first kappa shape index (κ1) is 19.4. The number of rotatable bonds is 6. The SMILES string of the molecule is O=C(CN1C(=O)COc2ccccc21)NCc1ccccc1CN1CCC(O)C1. The molecule has 2 aliphatic heterocycles. The Kier molecular flexibility index (Phi) is 5.78. The molecule has 2 aliphatic rings. The number of hydrogen-bond acceptors (Lipinski definition) is 5. The van der Waals surface area contributed by atoms with Crippen LogP contribution < -0.4 is 15.0 Å². The molecular weight excluding hydrogens is 370 g/mol. The molecule has 0 aromatic heterocycles. The highest BCUT2D eigenvalue weighted by Gasteiger charge is 2.27. The fourth-order valence-corrected chi connectivity index (χ4v) is 3.80. The van der Waals surface area contributed by atoms with E-state index in [9.17, 15) is 14.7 Å². The Morgan fingerprint density at radius 3 is 2.69 bits per heavy atom. The van der Waals surface area contributed by atoms with Crippen LogP contribution in [0.15, 0.2) is 48.5 Å². The van der Waals surface area contributed by atoms with E-state index < -0.39 is 0 Å². The minimum atomic E-state index is -0.254. The van der Waals surface area contributed by atoms with Crippen molar-refractivity contribution in [3.05, 3.63) is 59.7 Å². The van der Waals surface area contributed by atoms with E-state index in [0.29, 0.717) is 24.5 Å². The van der Waals surface area contributed by atoms with Crippen LogP contribution in [0.25, 0.3) is 0 Å². The van der Waals surface area contributed by atoms with E-state index in [4.69, 9.17) is 4.74 Å². The second-order valence-electron chi connectivity index (χ2n) is 7.46. The van der Waals surface area contributed by atoms with Crippen molar-refractivity contribution in [1.29, 1.82) is 0 Å². The van der Waals surface area contributed by atoms with E-state index in [-0.39, 0.29) is 31.1 Å². The number of benzene rings is 2. The van der Waals surface area contributed by atoms with Crippen molar-refractivity contribution in [2.24, 2.45) is 0 Å². The molecule has 0 saturated carbocycles. The van der Waals surface area contributed by atoms with Gasteiger partial charge >= 0.3 is 0 Å². The van der Waals surface area contributed by atoms with Crippen LogP contribution >= 0.6 is 0 Å². The number of fused-ring (bicyclic) bond motifs is 1. The third-order valence-corrected chi connectivity index (χ3v) is 5.35. The molecular formula is C22H25N3O4. The Morgan fingerprint density at radius 1 is 1.14 bits per heavy atom. The van der Waals surface area contributed by atoms with Gasteiger partial charge in [0.15, 0.2) is 6.61 Å². The second-order valence-corrected chi connectivity index (χ2v) is 7.46. The number of aliphatic hydroxyl groups excluding tert-OH is 1. The summed E-state index contributed by atoms with van der Waals surface area (Å²) in [6, 6.07) is 15.2. The lowest BCUT2D eigenvalue weighted by Crippen LogP contribution is -2.45. The largest absolute Gasteiger partial charge is 0.482 e. The maximum Gasteiger partial charge on any atom is 0.265 e. The van der Waals surface area contributed by atoms with Gasteiger partial charge in [0.2, 0.25) is 5.91 Å². The van der Waals surface area contributed by atoms with Gasteiger partial charge in [-0.1, -0.05) is 36.4 Å². The van der Waals surface area contributed by atoms with Crippen molar-refractivity contribution in [1.82, 2.24) is 10.2 Å². The molecule has 4 rings (SSSR count). The highest BCUT2D eigenvalue weighted by Crippen LogP contribution is 2.31. The maximum absolute atomic E-state index is 12.5. The lowest BCUT2D eigenvalue weighted by molar-refractivity contribution is -0.125. The third-order valence-electron chi connectivity index (χ3n) is 5.35. The van der Waals surface area contributed by atoms with Crippen LogP contribution in [0, 0.1) is 0 Å². The quantitative estimate of drug-likeness (QED) is 0.770. The first-order valence-electron chi connectivity index (χ1n) is 9.86. The van der Waals surface area contributed by atoms with Crippen LogP contribution in [0.1, 0.15) is 17.5 Å². The van der Waals surface area contributed by atoms with Gasteiger partial charge in [-0.15, -0.1) is 0 Å². The molecule has 7 heteroatoms. The molecule has 0 spiro atoms. The number of amides is 2. The van der Waals surface area contributed by atoms with E-state index in [1.165, 1.54) is 4.90 Å². The smallest absolute Gasteiger partial charge is 0.265 e. The zero-order chi connectivity index (χ0) is 20.2. The lowest BCUT2D eigenvalue weighted by atomic mass is 10.1.